The lowest BCUT2D eigenvalue weighted by atomic mass is 10.2. The molecular formula is C28H19ClF4N5O3-. The highest BCUT2D eigenvalue weighted by Gasteiger charge is 2.31. The molecule has 0 saturated carbocycles. The van der Waals surface area contributed by atoms with Crippen LogP contribution >= 0.6 is 0 Å². The number of nitrogens with zero attached hydrogens (tertiary/aromatic N) is 1. The first-order chi connectivity index (χ1) is 19.1. The van der Waals surface area contributed by atoms with Gasteiger partial charge in [0.1, 0.15) is 17.3 Å². The Labute approximate surface area is 236 Å². The summed E-state index contributed by atoms with van der Waals surface area (Å²) in [6, 6.07) is 20.7. The zero-order valence-corrected chi connectivity index (χ0v) is 21.5. The van der Waals surface area contributed by atoms with Gasteiger partial charge in [0.05, 0.1) is 22.3 Å². The van der Waals surface area contributed by atoms with Crippen molar-refractivity contribution in [2.75, 3.05) is 16.0 Å². The van der Waals surface area contributed by atoms with Crippen molar-refractivity contribution in [1.29, 1.82) is 0 Å². The van der Waals surface area contributed by atoms with Gasteiger partial charge in [-0.3, -0.25) is 10.1 Å². The molecule has 0 radical (unpaired) electrons. The number of H-pyrrole nitrogens is 1. The number of hydrogen-bond donors (Lipinski definition) is 4. The monoisotopic (exact) mass is 584 g/mol. The minimum absolute atomic E-state index is 0. The summed E-state index contributed by atoms with van der Waals surface area (Å²) in [6.07, 6.45) is -4.68. The molecule has 0 unspecified atom stereocenters. The number of benzene rings is 4. The number of rotatable bonds is 6. The molecule has 0 bridgehead atoms. The first kappa shape index (κ1) is 28.9. The molecule has 0 atom stereocenters. The first-order valence-electron chi connectivity index (χ1n) is 11.7. The molecule has 0 fully saturated rings. The van der Waals surface area contributed by atoms with Crippen molar-refractivity contribution in [3.05, 3.63) is 108 Å². The molecule has 4 N–H and O–H groups in total. The van der Waals surface area contributed by atoms with E-state index in [-0.39, 0.29) is 24.3 Å². The molecule has 0 aliphatic rings. The van der Waals surface area contributed by atoms with Crippen molar-refractivity contribution >= 4 is 40.3 Å². The van der Waals surface area contributed by atoms with Crippen LogP contribution in [0.5, 0.6) is 11.5 Å². The number of nitrogens with one attached hydrogen (secondary N) is 4. The number of anilines is 3. The van der Waals surface area contributed by atoms with E-state index in [4.69, 9.17) is 4.74 Å². The second kappa shape index (κ2) is 12.0. The highest BCUT2D eigenvalue weighted by Crippen LogP contribution is 2.32. The fourth-order valence-corrected chi connectivity index (χ4v) is 3.71. The summed E-state index contributed by atoms with van der Waals surface area (Å²) >= 11 is 0. The number of aromatic nitrogens is 2. The molecule has 13 heteroatoms. The van der Waals surface area contributed by atoms with Gasteiger partial charge in [-0.2, -0.15) is 13.2 Å². The van der Waals surface area contributed by atoms with E-state index in [1.54, 1.807) is 54.6 Å². The Morgan fingerprint density at radius 3 is 2.22 bits per heavy atom. The number of hydrogen-bond acceptors (Lipinski definition) is 4. The van der Waals surface area contributed by atoms with Crippen LogP contribution in [0.25, 0.3) is 11.0 Å². The molecule has 210 valence electrons. The van der Waals surface area contributed by atoms with Gasteiger partial charge in [-0.05, 0) is 66.7 Å². The van der Waals surface area contributed by atoms with Crippen molar-refractivity contribution in [1.82, 2.24) is 9.97 Å². The minimum atomic E-state index is -4.68. The molecule has 1 heterocycles. The van der Waals surface area contributed by atoms with Crippen LogP contribution in [0.4, 0.5) is 39.7 Å². The van der Waals surface area contributed by atoms with Crippen LogP contribution in [0.2, 0.25) is 0 Å². The van der Waals surface area contributed by atoms with Crippen molar-refractivity contribution in [3.63, 3.8) is 0 Å². The zero-order valence-electron chi connectivity index (χ0n) is 20.7. The van der Waals surface area contributed by atoms with E-state index in [9.17, 15) is 27.2 Å². The second-order valence-corrected chi connectivity index (χ2v) is 8.48. The van der Waals surface area contributed by atoms with Gasteiger partial charge in [0.2, 0.25) is 5.95 Å². The molecule has 8 nitrogen and oxygen atoms in total. The predicted molar refractivity (Wildman–Crippen MR) is 141 cm³/mol. The number of carbonyl (C=O) groups is 2. The van der Waals surface area contributed by atoms with Gasteiger partial charge in [0.15, 0.2) is 0 Å². The third kappa shape index (κ3) is 7.11. The van der Waals surface area contributed by atoms with E-state index in [1.165, 1.54) is 12.1 Å². The molecule has 1 aromatic heterocycles. The Morgan fingerprint density at radius 2 is 1.51 bits per heavy atom. The Kier molecular flexibility index (Phi) is 8.43. The molecule has 3 amide bonds. The molecule has 41 heavy (non-hydrogen) atoms. The van der Waals surface area contributed by atoms with Crippen LogP contribution in [0.15, 0.2) is 91.0 Å². The van der Waals surface area contributed by atoms with Crippen molar-refractivity contribution < 1.29 is 44.3 Å². The summed E-state index contributed by atoms with van der Waals surface area (Å²) in [5, 5.41) is 7.20. The molecule has 0 spiro atoms. The normalized spacial score (nSPS) is 10.9. The van der Waals surface area contributed by atoms with E-state index >= 15 is 0 Å². The molecule has 0 aliphatic carbocycles. The van der Waals surface area contributed by atoms with Gasteiger partial charge >= 0.3 is 12.2 Å². The maximum atomic E-state index is 13.9. The van der Waals surface area contributed by atoms with E-state index in [0.717, 1.165) is 0 Å². The summed E-state index contributed by atoms with van der Waals surface area (Å²) in [4.78, 5) is 31.9. The first-order valence-corrected chi connectivity index (χ1v) is 11.7. The topological polar surface area (TPSA) is 108 Å². The van der Waals surface area contributed by atoms with E-state index in [0.29, 0.717) is 52.0 Å². The van der Waals surface area contributed by atoms with Crippen LogP contribution < -0.4 is 33.1 Å². The lowest BCUT2D eigenvalue weighted by Crippen LogP contribution is -3.00. The number of amides is 3. The van der Waals surface area contributed by atoms with E-state index in [1.807, 2.05) is 6.07 Å². The standard InChI is InChI=1S/C28H19F4N5O3.ClH/c29-21-12-6-17(28(30,31)32)14-23(21)36-27(39)33-18-7-9-19(10-8-18)40-20-11-13-22-24(15-20)35-26(34-22)37-25(38)16-4-2-1-3-5-16;/h1-15H,(H2,33,36,39)(H2,34,35,37,38);1H/p-1. The Bertz CT molecular complexity index is 1690. The van der Waals surface area contributed by atoms with Crippen molar-refractivity contribution in [3.8, 4) is 11.5 Å². The molecule has 5 rings (SSSR count). The number of alkyl halides is 3. The van der Waals surface area contributed by atoms with E-state index < -0.39 is 29.3 Å². The number of urea groups is 1. The maximum Gasteiger partial charge on any atom is 0.416 e. The maximum absolute atomic E-state index is 13.9. The van der Waals surface area contributed by atoms with Crippen LogP contribution in [0.3, 0.4) is 0 Å². The number of carbonyl (C=O) groups excluding carboxylic acids is 2. The summed E-state index contributed by atoms with van der Waals surface area (Å²) < 4.78 is 58.4. The molecule has 0 aliphatic heterocycles. The summed E-state index contributed by atoms with van der Waals surface area (Å²) in [6.45, 7) is 0. The number of imidazole rings is 1. The van der Waals surface area contributed by atoms with Gasteiger partial charge in [-0.1, -0.05) is 18.2 Å². The van der Waals surface area contributed by atoms with Gasteiger partial charge < -0.3 is 32.8 Å². The van der Waals surface area contributed by atoms with Crippen molar-refractivity contribution in [2.45, 2.75) is 6.18 Å². The highest BCUT2D eigenvalue weighted by molar-refractivity contribution is 6.04. The Hall–Kier alpha value is -5.10. The van der Waals surface area contributed by atoms with Gasteiger partial charge in [-0.15, -0.1) is 0 Å². The molecule has 4 aromatic carbocycles. The van der Waals surface area contributed by atoms with Crippen LogP contribution in [0.1, 0.15) is 15.9 Å². The van der Waals surface area contributed by atoms with Crippen molar-refractivity contribution in [2.24, 2.45) is 0 Å². The third-order valence-electron chi connectivity index (χ3n) is 5.61. The molecular weight excluding hydrogens is 566 g/mol. The number of halogens is 5. The lowest BCUT2D eigenvalue weighted by molar-refractivity contribution is -0.137. The SMILES string of the molecule is O=C(Nc1ccc(Oc2ccc3nc(NC(=O)c4ccccc4)[nH]c3c2)cc1)Nc1cc(C(F)(F)F)ccc1F.[Cl-]. The summed E-state index contributed by atoms with van der Waals surface area (Å²) in [5.41, 5.74) is 0.317. The number of aromatic amines is 1. The largest absolute Gasteiger partial charge is 1.00 e. The Balaban J connectivity index is 0.00000387. The number of ether oxygens (including phenoxy) is 1. The smallest absolute Gasteiger partial charge is 0.416 e. The quantitative estimate of drug-likeness (QED) is 0.222. The average Bonchev–Trinajstić information content (AvgIpc) is 3.32. The summed E-state index contributed by atoms with van der Waals surface area (Å²) in [7, 11) is 0. The molecule has 5 aromatic rings. The minimum Gasteiger partial charge on any atom is -1.00 e. The van der Waals surface area contributed by atoms with Gasteiger partial charge in [0, 0.05) is 17.3 Å². The number of fused-ring (bicyclic) bond motifs is 1. The predicted octanol–water partition coefficient (Wildman–Crippen LogP) is 4.41. The van der Waals surface area contributed by atoms with Gasteiger partial charge in [-0.25, -0.2) is 14.2 Å². The van der Waals surface area contributed by atoms with Crippen LogP contribution in [0, 0.1) is 5.82 Å². The zero-order chi connectivity index (χ0) is 28.3. The molecule has 0 saturated heterocycles. The second-order valence-electron chi connectivity index (χ2n) is 8.48. The van der Waals surface area contributed by atoms with Crippen LogP contribution in [-0.2, 0) is 6.18 Å². The Morgan fingerprint density at radius 1 is 0.805 bits per heavy atom. The van der Waals surface area contributed by atoms with Crippen LogP contribution in [-0.4, -0.2) is 21.9 Å². The van der Waals surface area contributed by atoms with E-state index in [2.05, 4.69) is 25.9 Å². The lowest BCUT2D eigenvalue weighted by Gasteiger charge is -2.12. The fourth-order valence-electron chi connectivity index (χ4n) is 3.71. The highest BCUT2D eigenvalue weighted by atomic mass is 35.5. The van der Waals surface area contributed by atoms with Gasteiger partial charge in [0.25, 0.3) is 5.91 Å². The summed E-state index contributed by atoms with van der Waals surface area (Å²) in [5.74, 6) is -0.146. The fraction of sp³-hybridized carbons (Fsp3) is 0.0357. The third-order valence-corrected chi connectivity index (χ3v) is 5.61. The average molecular weight is 585 g/mol.